The molecule has 0 amide bonds. The molecule has 6 nitrogen and oxygen atoms in total. The van der Waals surface area contributed by atoms with Crippen molar-refractivity contribution in [2.75, 3.05) is 0 Å². The summed E-state index contributed by atoms with van der Waals surface area (Å²) >= 11 is 0. The highest BCUT2D eigenvalue weighted by molar-refractivity contribution is 6.30. The summed E-state index contributed by atoms with van der Waals surface area (Å²) in [6, 6.07) is 7.92. The SMILES string of the molecule is CC(C)(O)C(C)(O)Cc1cncc2ccccc12.OB(O)O. The highest BCUT2D eigenvalue weighted by Crippen LogP contribution is 2.28. The third kappa shape index (κ3) is 5.05. The normalized spacial score (nSPS) is 14.0. The Morgan fingerprint density at radius 1 is 1.00 bits per heavy atom. The first kappa shape index (κ1) is 18.5. The first-order valence-electron chi connectivity index (χ1n) is 6.85. The summed E-state index contributed by atoms with van der Waals surface area (Å²) in [6.07, 6.45) is 3.92. The van der Waals surface area contributed by atoms with Crippen LogP contribution >= 0.6 is 0 Å². The lowest BCUT2D eigenvalue weighted by Gasteiger charge is -2.35. The average Bonchev–Trinajstić information content (AvgIpc) is 2.37. The Morgan fingerprint density at radius 2 is 1.55 bits per heavy atom. The fraction of sp³-hybridized carbons (Fsp3) is 0.400. The molecule has 1 heterocycles. The number of hydrogen-bond acceptors (Lipinski definition) is 6. The monoisotopic (exact) mass is 307 g/mol. The van der Waals surface area contributed by atoms with Gasteiger partial charge < -0.3 is 25.3 Å². The number of benzene rings is 1. The second kappa shape index (κ2) is 7.17. The van der Waals surface area contributed by atoms with E-state index in [1.807, 2.05) is 24.3 Å². The third-order valence-corrected chi connectivity index (χ3v) is 3.60. The number of nitrogens with zero attached hydrogens (tertiary/aromatic N) is 1. The maximum absolute atomic E-state index is 10.4. The van der Waals surface area contributed by atoms with Gasteiger partial charge >= 0.3 is 7.32 Å². The molecular weight excluding hydrogens is 285 g/mol. The van der Waals surface area contributed by atoms with Crippen molar-refractivity contribution in [1.29, 1.82) is 0 Å². The van der Waals surface area contributed by atoms with Gasteiger partial charge in [-0.2, -0.15) is 0 Å². The molecule has 0 aliphatic heterocycles. The lowest BCUT2D eigenvalue weighted by atomic mass is 9.82. The van der Waals surface area contributed by atoms with E-state index in [0.29, 0.717) is 6.42 Å². The molecule has 1 unspecified atom stereocenters. The summed E-state index contributed by atoms with van der Waals surface area (Å²) in [4.78, 5) is 4.19. The summed E-state index contributed by atoms with van der Waals surface area (Å²) < 4.78 is 0. The Balaban J connectivity index is 0.000000541. The van der Waals surface area contributed by atoms with Crippen LogP contribution in [0.1, 0.15) is 26.3 Å². The van der Waals surface area contributed by atoms with E-state index >= 15 is 0 Å². The summed E-state index contributed by atoms with van der Waals surface area (Å²) in [5, 5.41) is 44.0. The topological polar surface area (TPSA) is 114 Å². The molecular formula is C15H22BNO5. The standard InChI is InChI=1S/C15H19NO2.BH3O3/c1-14(2,17)15(3,18)8-12-10-16-9-11-6-4-5-7-13(11)12;2-1(3)4/h4-7,9-10,17-18H,8H2,1-3H3;2-4H. The molecule has 1 aromatic carbocycles. The lowest BCUT2D eigenvalue weighted by Crippen LogP contribution is -2.49. The molecule has 5 N–H and O–H groups in total. The van der Waals surface area contributed by atoms with Gasteiger partial charge in [-0.1, -0.05) is 24.3 Å². The minimum absolute atomic E-state index is 0.366. The summed E-state index contributed by atoms with van der Waals surface area (Å²) in [7, 11) is -2.17. The second-order valence-electron chi connectivity index (χ2n) is 5.88. The van der Waals surface area contributed by atoms with E-state index in [9.17, 15) is 10.2 Å². The van der Waals surface area contributed by atoms with Crippen LogP contribution in [0, 0.1) is 0 Å². The van der Waals surface area contributed by atoms with Gasteiger partial charge in [-0.25, -0.2) is 0 Å². The zero-order valence-electron chi connectivity index (χ0n) is 12.9. The Hall–Kier alpha value is -1.51. The van der Waals surface area contributed by atoms with Crippen LogP contribution in [-0.2, 0) is 6.42 Å². The minimum Gasteiger partial charge on any atom is -0.402 e. The molecule has 0 radical (unpaired) electrons. The smallest absolute Gasteiger partial charge is 0.402 e. The van der Waals surface area contributed by atoms with Gasteiger partial charge in [0.15, 0.2) is 0 Å². The fourth-order valence-electron chi connectivity index (χ4n) is 1.91. The van der Waals surface area contributed by atoms with E-state index in [1.54, 1.807) is 33.2 Å². The van der Waals surface area contributed by atoms with Gasteiger partial charge in [0.25, 0.3) is 0 Å². The van der Waals surface area contributed by atoms with E-state index in [-0.39, 0.29) is 0 Å². The maximum atomic E-state index is 10.4. The second-order valence-corrected chi connectivity index (χ2v) is 5.88. The van der Waals surface area contributed by atoms with Crippen LogP contribution in [0.25, 0.3) is 10.8 Å². The van der Waals surface area contributed by atoms with Crippen molar-refractivity contribution in [2.24, 2.45) is 0 Å². The van der Waals surface area contributed by atoms with Crippen molar-refractivity contribution in [1.82, 2.24) is 4.98 Å². The number of aromatic nitrogens is 1. The molecule has 0 aliphatic carbocycles. The predicted molar refractivity (Wildman–Crippen MR) is 84.8 cm³/mol. The third-order valence-electron chi connectivity index (χ3n) is 3.60. The van der Waals surface area contributed by atoms with Gasteiger partial charge in [0.2, 0.25) is 0 Å². The van der Waals surface area contributed by atoms with Crippen LogP contribution < -0.4 is 0 Å². The van der Waals surface area contributed by atoms with Crippen LogP contribution in [0.3, 0.4) is 0 Å². The van der Waals surface area contributed by atoms with Crippen molar-refractivity contribution >= 4 is 18.1 Å². The van der Waals surface area contributed by atoms with E-state index in [0.717, 1.165) is 16.3 Å². The molecule has 0 aliphatic rings. The molecule has 1 atom stereocenters. The number of rotatable bonds is 3. The molecule has 0 saturated carbocycles. The molecule has 120 valence electrons. The van der Waals surface area contributed by atoms with Crippen molar-refractivity contribution < 1.29 is 25.3 Å². The lowest BCUT2D eigenvalue weighted by molar-refractivity contribution is -0.118. The molecule has 0 spiro atoms. The Bertz CT molecular complexity index is 602. The van der Waals surface area contributed by atoms with Crippen LogP contribution in [0.5, 0.6) is 0 Å². The van der Waals surface area contributed by atoms with Crippen molar-refractivity contribution in [3.05, 3.63) is 42.2 Å². The first-order chi connectivity index (χ1) is 10.0. The quantitative estimate of drug-likeness (QED) is 0.519. The molecule has 1 aromatic heterocycles. The highest BCUT2D eigenvalue weighted by atomic mass is 16.5. The zero-order chi connectivity index (χ0) is 17.0. The Labute approximate surface area is 129 Å². The summed E-state index contributed by atoms with van der Waals surface area (Å²) in [5.74, 6) is 0. The van der Waals surface area contributed by atoms with Crippen LogP contribution in [-0.4, -0.2) is 48.8 Å². The largest absolute Gasteiger partial charge is 0.631 e. The first-order valence-corrected chi connectivity index (χ1v) is 6.85. The van der Waals surface area contributed by atoms with Gasteiger partial charge in [-0.15, -0.1) is 0 Å². The van der Waals surface area contributed by atoms with E-state index in [1.165, 1.54) is 0 Å². The Morgan fingerprint density at radius 3 is 2.09 bits per heavy atom. The molecule has 7 heteroatoms. The molecule has 0 bridgehead atoms. The molecule has 2 rings (SSSR count). The Kier molecular flexibility index (Phi) is 6.04. The minimum atomic E-state index is -2.17. The van der Waals surface area contributed by atoms with Gasteiger partial charge in [-0.05, 0) is 31.7 Å². The van der Waals surface area contributed by atoms with Crippen molar-refractivity contribution in [3.63, 3.8) is 0 Å². The zero-order valence-corrected chi connectivity index (χ0v) is 12.9. The molecule has 22 heavy (non-hydrogen) atoms. The van der Waals surface area contributed by atoms with Gasteiger partial charge in [0.05, 0.1) is 11.2 Å². The predicted octanol–water partition coefficient (Wildman–Crippen LogP) is 0.247. The van der Waals surface area contributed by atoms with Crippen molar-refractivity contribution in [3.8, 4) is 0 Å². The van der Waals surface area contributed by atoms with Crippen LogP contribution in [0.2, 0.25) is 0 Å². The van der Waals surface area contributed by atoms with E-state index in [4.69, 9.17) is 15.1 Å². The van der Waals surface area contributed by atoms with E-state index < -0.39 is 18.5 Å². The highest BCUT2D eigenvalue weighted by Gasteiger charge is 2.37. The van der Waals surface area contributed by atoms with Gasteiger partial charge in [0, 0.05) is 24.2 Å². The number of pyridine rings is 1. The average molecular weight is 307 g/mol. The fourth-order valence-corrected chi connectivity index (χ4v) is 1.91. The molecule has 0 saturated heterocycles. The van der Waals surface area contributed by atoms with Gasteiger partial charge in [0.1, 0.15) is 0 Å². The number of hydrogen-bond donors (Lipinski definition) is 5. The van der Waals surface area contributed by atoms with E-state index in [2.05, 4.69) is 4.98 Å². The molecule has 0 fully saturated rings. The molecule has 2 aromatic rings. The number of aliphatic hydroxyl groups is 2. The summed E-state index contributed by atoms with van der Waals surface area (Å²) in [6.45, 7) is 4.88. The van der Waals surface area contributed by atoms with Gasteiger partial charge in [-0.3, -0.25) is 4.98 Å². The van der Waals surface area contributed by atoms with Crippen LogP contribution in [0.4, 0.5) is 0 Å². The number of fused-ring (bicyclic) bond motifs is 1. The maximum Gasteiger partial charge on any atom is 0.631 e. The summed E-state index contributed by atoms with van der Waals surface area (Å²) in [5.41, 5.74) is -1.41. The van der Waals surface area contributed by atoms with Crippen molar-refractivity contribution in [2.45, 2.75) is 38.4 Å². The van der Waals surface area contributed by atoms with Crippen LogP contribution in [0.15, 0.2) is 36.7 Å².